The van der Waals surface area contributed by atoms with E-state index in [1.807, 2.05) is 48.5 Å². The molecule has 130 valence electrons. The Morgan fingerprint density at radius 3 is 2.20 bits per heavy atom. The third kappa shape index (κ3) is 2.52. The van der Waals surface area contributed by atoms with Gasteiger partial charge in [0.25, 0.3) is 0 Å². The fraction of sp³-hybridized carbons (Fsp3) is 0.211. The molecule has 2 aromatic rings. The van der Waals surface area contributed by atoms with Crippen LogP contribution in [0.3, 0.4) is 0 Å². The Balaban J connectivity index is 1.81. The summed E-state index contributed by atoms with van der Waals surface area (Å²) >= 11 is 0. The second-order valence-electron chi connectivity index (χ2n) is 5.88. The molecule has 2 aromatic carbocycles. The van der Waals surface area contributed by atoms with Crippen LogP contribution in [0.4, 0.5) is 0 Å². The van der Waals surface area contributed by atoms with Crippen LogP contribution in [0, 0.1) is 0 Å². The molecular formula is C19H19O5P. The predicted molar refractivity (Wildman–Crippen MR) is 95.9 cm³/mol. The summed E-state index contributed by atoms with van der Waals surface area (Å²) in [6.07, 6.45) is 1.78. The molecule has 2 aliphatic rings. The molecule has 1 fully saturated rings. The van der Waals surface area contributed by atoms with Crippen LogP contribution in [-0.4, -0.2) is 31.8 Å². The van der Waals surface area contributed by atoms with Crippen molar-refractivity contribution in [2.24, 2.45) is 0 Å². The van der Waals surface area contributed by atoms with Crippen molar-refractivity contribution in [1.29, 1.82) is 0 Å². The van der Waals surface area contributed by atoms with Gasteiger partial charge in [-0.15, -0.1) is 0 Å². The van der Waals surface area contributed by atoms with Crippen molar-refractivity contribution in [3.63, 3.8) is 0 Å². The Hall–Kier alpha value is -2.04. The average molecular weight is 358 g/mol. The molecule has 4 rings (SSSR count). The van der Waals surface area contributed by atoms with Crippen molar-refractivity contribution >= 4 is 19.1 Å². The standard InChI is InChI=1S/C19H19O5P/c1-21-25(22-12-13-23-25)18(19(20)16-10-6-3-7-11-16)14-17(24-25)15-8-4-2-5-9-15/h2-11,14,18H,12-13H2,1H3. The van der Waals surface area contributed by atoms with Crippen LogP contribution in [0.5, 0.6) is 0 Å². The van der Waals surface area contributed by atoms with Gasteiger partial charge in [0.15, 0.2) is 0 Å². The monoisotopic (exact) mass is 358 g/mol. The molecule has 5 nitrogen and oxygen atoms in total. The number of benzene rings is 2. The van der Waals surface area contributed by atoms with E-state index in [9.17, 15) is 4.79 Å². The van der Waals surface area contributed by atoms with Crippen molar-refractivity contribution in [2.75, 3.05) is 20.3 Å². The zero-order valence-electron chi connectivity index (χ0n) is 13.8. The summed E-state index contributed by atoms with van der Waals surface area (Å²) in [5.41, 5.74) is 0.670. The Labute approximate surface area is 146 Å². The van der Waals surface area contributed by atoms with Gasteiger partial charge in [-0.1, -0.05) is 0 Å². The zero-order chi connectivity index (χ0) is 17.4. The van der Waals surface area contributed by atoms with Gasteiger partial charge < -0.3 is 0 Å². The molecule has 1 atom stereocenters. The van der Waals surface area contributed by atoms with Crippen molar-refractivity contribution < 1.29 is 22.9 Å². The summed E-state index contributed by atoms with van der Waals surface area (Å²) in [5, 5.41) is 0. The van der Waals surface area contributed by atoms with Gasteiger partial charge >= 0.3 is 146 Å². The van der Waals surface area contributed by atoms with E-state index < -0.39 is 13.2 Å². The second-order valence-corrected chi connectivity index (χ2v) is 9.24. The Morgan fingerprint density at radius 1 is 1.00 bits per heavy atom. The molecule has 0 aliphatic carbocycles. The van der Waals surface area contributed by atoms with Crippen molar-refractivity contribution in [3.05, 3.63) is 77.9 Å². The molecule has 0 saturated carbocycles. The van der Waals surface area contributed by atoms with Gasteiger partial charge in [0.2, 0.25) is 0 Å². The summed E-state index contributed by atoms with van der Waals surface area (Å²) in [7, 11) is -2.57. The molecular weight excluding hydrogens is 339 g/mol. The molecule has 0 bridgehead atoms. The Kier molecular flexibility index (Phi) is 3.97. The average Bonchev–Trinajstić information content (AvgIpc) is 3.27. The Morgan fingerprint density at radius 2 is 1.60 bits per heavy atom. The number of Topliss-reactive ketones (excluding diaryl/α,β-unsaturated/α-hetero) is 1. The quantitative estimate of drug-likeness (QED) is 0.605. The third-order valence-electron chi connectivity index (χ3n) is 4.47. The number of hydrogen-bond acceptors (Lipinski definition) is 5. The molecule has 0 amide bonds. The van der Waals surface area contributed by atoms with Gasteiger partial charge in [-0.05, 0) is 0 Å². The number of allylic oxidation sites excluding steroid dienone is 1. The van der Waals surface area contributed by atoms with Crippen molar-refractivity contribution in [2.45, 2.75) is 5.66 Å². The van der Waals surface area contributed by atoms with E-state index in [1.165, 1.54) is 7.11 Å². The van der Waals surface area contributed by atoms with Crippen molar-refractivity contribution in [1.82, 2.24) is 0 Å². The number of ketones is 1. The van der Waals surface area contributed by atoms with E-state index in [0.717, 1.165) is 5.56 Å². The summed E-state index contributed by atoms with van der Waals surface area (Å²) in [6.45, 7) is 0.667. The van der Waals surface area contributed by atoms with Gasteiger partial charge in [0.05, 0.1) is 0 Å². The summed E-state index contributed by atoms with van der Waals surface area (Å²) < 4.78 is 23.8. The van der Waals surface area contributed by atoms with E-state index in [1.54, 1.807) is 18.2 Å². The minimum atomic E-state index is -4.05. The van der Waals surface area contributed by atoms with Crippen LogP contribution in [0.2, 0.25) is 0 Å². The van der Waals surface area contributed by atoms with Gasteiger partial charge in [-0.3, -0.25) is 0 Å². The summed E-state index contributed by atoms with van der Waals surface area (Å²) in [5.74, 6) is 0.421. The van der Waals surface area contributed by atoms with Crippen LogP contribution >= 0.6 is 7.51 Å². The van der Waals surface area contributed by atoms with Crippen LogP contribution in [0.1, 0.15) is 15.9 Å². The molecule has 1 spiro atoms. The van der Waals surface area contributed by atoms with Gasteiger partial charge in [0.1, 0.15) is 0 Å². The first kappa shape index (κ1) is 16.4. The zero-order valence-corrected chi connectivity index (χ0v) is 14.7. The van der Waals surface area contributed by atoms with Crippen LogP contribution in [0.15, 0.2) is 66.7 Å². The minimum absolute atomic E-state index is 0.132. The molecule has 2 aliphatic heterocycles. The number of rotatable bonds is 4. The molecule has 0 N–H and O–H groups in total. The normalized spacial score (nSPS) is 24.9. The molecule has 0 aromatic heterocycles. The Bertz CT molecular complexity index is 812. The van der Waals surface area contributed by atoms with E-state index in [2.05, 4.69) is 0 Å². The summed E-state index contributed by atoms with van der Waals surface area (Å²) in [4.78, 5) is 13.2. The first-order chi connectivity index (χ1) is 12.2. The van der Waals surface area contributed by atoms with Gasteiger partial charge in [-0.2, -0.15) is 0 Å². The summed E-state index contributed by atoms with van der Waals surface area (Å²) in [6, 6.07) is 18.7. The molecule has 1 unspecified atom stereocenters. The van der Waals surface area contributed by atoms with Crippen LogP contribution < -0.4 is 0 Å². The van der Waals surface area contributed by atoms with Crippen LogP contribution in [-0.2, 0) is 18.1 Å². The van der Waals surface area contributed by atoms with Gasteiger partial charge in [0, 0.05) is 0 Å². The molecule has 6 heteroatoms. The topological polar surface area (TPSA) is 54.0 Å². The molecule has 25 heavy (non-hydrogen) atoms. The second kappa shape index (κ2) is 6.04. The predicted octanol–water partition coefficient (Wildman–Crippen LogP) is 4.22. The molecule has 1 saturated heterocycles. The van der Waals surface area contributed by atoms with Gasteiger partial charge in [-0.25, -0.2) is 0 Å². The fourth-order valence-corrected chi connectivity index (χ4v) is 6.60. The number of carbonyl (C=O) groups is 1. The molecule has 0 radical (unpaired) electrons. The maximum atomic E-state index is 13.2. The number of hydrogen-bond donors (Lipinski definition) is 0. The third-order valence-corrected chi connectivity index (χ3v) is 8.24. The fourth-order valence-electron chi connectivity index (χ4n) is 3.23. The maximum absolute atomic E-state index is 13.2. The van der Waals surface area contributed by atoms with Crippen LogP contribution in [0.25, 0.3) is 5.76 Å². The number of carbonyl (C=O) groups excluding carboxylic acids is 1. The van der Waals surface area contributed by atoms with E-state index in [0.29, 0.717) is 24.5 Å². The van der Waals surface area contributed by atoms with Crippen molar-refractivity contribution in [3.8, 4) is 0 Å². The van der Waals surface area contributed by atoms with E-state index in [-0.39, 0.29) is 5.78 Å². The SMILES string of the molecule is COP12(OCCO1)OC(c1ccccc1)=CC2C(=O)c1ccccc1. The first-order valence-electron chi connectivity index (χ1n) is 8.11. The molecule has 2 heterocycles. The van der Waals surface area contributed by atoms with E-state index >= 15 is 0 Å². The first-order valence-corrected chi connectivity index (χ1v) is 10.1. The van der Waals surface area contributed by atoms with E-state index in [4.69, 9.17) is 18.1 Å².